The normalized spacial score (nSPS) is 16.6. The van der Waals surface area contributed by atoms with E-state index in [9.17, 15) is 0 Å². The number of hydrogen-bond acceptors (Lipinski definition) is 6. The maximum Gasteiger partial charge on any atom is 0.177 e. The number of aromatic amines is 1. The van der Waals surface area contributed by atoms with E-state index in [2.05, 4.69) is 71.8 Å². The standard InChI is InChI=1S/C32H40N6O/c1-20(2)7-6-8-29-36-26-11-12-32(4,5)17-25(26)31(37-29)38-13-14-39-28-10-9-22(15-24(28)19-38)23-16-27-30(33-18-23)35-21(3)34-27/h9-10,15-16,18,20H,6-8,11-14,17,19H2,1-5H3,(H,33,34,35). The van der Waals surface area contributed by atoms with Crippen molar-refractivity contribution >= 4 is 17.0 Å². The van der Waals surface area contributed by atoms with Gasteiger partial charge in [-0.15, -0.1) is 0 Å². The predicted octanol–water partition coefficient (Wildman–Crippen LogP) is 6.62. The van der Waals surface area contributed by atoms with Crippen LogP contribution in [0.3, 0.4) is 0 Å². The van der Waals surface area contributed by atoms with Gasteiger partial charge in [-0.2, -0.15) is 0 Å². The highest BCUT2D eigenvalue weighted by molar-refractivity contribution is 5.78. The Hall–Kier alpha value is -3.48. The predicted molar refractivity (Wildman–Crippen MR) is 156 cm³/mol. The molecule has 1 aliphatic carbocycles. The Morgan fingerprint density at radius 2 is 1.97 bits per heavy atom. The number of fused-ring (bicyclic) bond motifs is 3. The molecule has 3 aromatic heterocycles. The zero-order valence-electron chi connectivity index (χ0n) is 24.0. The summed E-state index contributed by atoms with van der Waals surface area (Å²) in [6.45, 7) is 13.5. The summed E-state index contributed by atoms with van der Waals surface area (Å²) in [5.74, 6) is 4.64. The molecule has 0 saturated heterocycles. The molecule has 6 rings (SSSR count). The second-order valence-corrected chi connectivity index (χ2v) is 12.5. The van der Waals surface area contributed by atoms with E-state index in [0.29, 0.717) is 12.5 Å². The lowest BCUT2D eigenvalue weighted by Crippen LogP contribution is -2.32. The molecule has 0 saturated carbocycles. The molecule has 2 aliphatic rings. The molecule has 0 atom stereocenters. The van der Waals surface area contributed by atoms with Gasteiger partial charge >= 0.3 is 0 Å². The minimum atomic E-state index is 0.258. The van der Waals surface area contributed by atoms with E-state index in [0.717, 1.165) is 84.3 Å². The lowest BCUT2D eigenvalue weighted by atomic mass is 9.76. The van der Waals surface area contributed by atoms with Gasteiger partial charge in [0.15, 0.2) is 5.65 Å². The molecule has 39 heavy (non-hydrogen) atoms. The number of rotatable bonds is 6. The molecule has 7 nitrogen and oxygen atoms in total. The van der Waals surface area contributed by atoms with Gasteiger partial charge in [-0.1, -0.05) is 40.2 Å². The maximum absolute atomic E-state index is 6.25. The number of imidazole rings is 1. The van der Waals surface area contributed by atoms with Crippen LogP contribution in [0.4, 0.5) is 5.82 Å². The smallest absolute Gasteiger partial charge is 0.177 e. The molecule has 0 fully saturated rings. The second kappa shape index (κ2) is 10.2. The number of nitrogens with one attached hydrogen (secondary N) is 1. The van der Waals surface area contributed by atoms with Gasteiger partial charge in [0.25, 0.3) is 0 Å². The fourth-order valence-electron chi connectivity index (χ4n) is 5.95. The SMILES string of the molecule is Cc1nc2ncc(-c3ccc4c(c3)CN(c3nc(CCCC(C)C)nc5c3CC(C)(C)CC5)CCO4)cc2[nH]1. The van der Waals surface area contributed by atoms with E-state index in [1.165, 1.54) is 29.7 Å². The third-order valence-electron chi connectivity index (χ3n) is 8.12. The third kappa shape index (κ3) is 5.49. The number of benzene rings is 1. The van der Waals surface area contributed by atoms with Gasteiger partial charge in [0, 0.05) is 41.5 Å². The summed E-state index contributed by atoms with van der Waals surface area (Å²) < 4.78 is 6.25. The van der Waals surface area contributed by atoms with Crippen LogP contribution in [0.25, 0.3) is 22.3 Å². The molecule has 0 bridgehead atoms. The topological polar surface area (TPSA) is 79.8 Å². The molecule has 4 heterocycles. The second-order valence-electron chi connectivity index (χ2n) is 12.5. The van der Waals surface area contributed by atoms with Gasteiger partial charge in [-0.3, -0.25) is 0 Å². The number of aryl methyl sites for hydroxylation is 3. The molecule has 0 unspecified atom stereocenters. The monoisotopic (exact) mass is 524 g/mol. The number of nitrogens with zero attached hydrogens (tertiary/aromatic N) is 5. The fourth-order valence-corrected chi connectivity index (χ4v) is 5.95. The highest BCUT2D eigenvalue weighted by atomic mass is 16.5. The molecule has 4 aromatic rings. The first-order chi connectivity index (χ1) is 18.7. The van der Waals surface area contributed by atoms with Crippen LogP contribution in [0.5, 0.6) is 5.75 Å². The minimum absolute atomic E-state index is 0.258. The highest BCUT2D eigenvalue weighted by Gasteiger charge is 2.31. The Morgan fingerprint density at radius 3 is 2.82 bits per heavy atom. The Labute approximate surface area is 231 Å². The van der Waals surface area contributed by atoms with Crippen LogP contribution >= 0.6 is 0 Å². The number of aromatic nitrogens is 5. The fraction of sp³-hybridized carbons (Fsp3) is 0.500. The lowest BCUT2D eigenvalue weighted by molar-refractivity contribution is 0.310. The first kappa shape index (κ1) is 25.8. The van der Waals surface area contributed by atoms with Crippen molar-refractivity contribution in [1.29, 1.82) is 0 Å². The molecule has 204 valence electrons. The molecule has 0 radical (unpaired) electrons. The van der Waals surface area contributed by atoms with Gasteiger partial charge in [-0.05, 0) is 67.7 Å². The van der Waals surface area contributed by atoms with Gasteiger partial charge < -0.3 is 14.6 Å². The largest absolute Gasteiger partial charge is 0.491 e. The van der Waals surface area contributed by atoms with E-state index < -0.39 is 0 Å². The lowest BCUT2D eigenvalue weighted by Gasteiger charge is -2.34. The van der Waals surface area contributed by atoms with E-state index in [4.69, 9.17) is 14.7 Å². The quantitative estimate of drug-likeness (QED) is 0.305. The Morgan fingerprint density at radius 1 is 1.10 bits per heavy atom. The van der Waals surface area contributed by atoms with E-state index >= 15 is 0 Å². The molecular formula is C32H40N6O. The third-order valence-corrected chi connectivity index (χ3v) is 8.12. The van der Waals surface area contributed by atoms with Crippen LogP contribution in [-0.2, 0) is 25.8 Å². The van der Waals surface area contributed by atoms with Crippen LogP contribution in [0.2, 0.25) is 0 Å². The zero-order chi connectivity index (χ0) is 27.1. The molecule has 1 aromatic carbocycles. The van der Waals surface area contributed by atoms with Crippen LogP contribution in [0, 0.1) is 18.3 Å². The zero-order valence-corrected chi connectivity index (χ0v) is 24.0. The summed E-state index contributed by atoms with van der Waals surface area (Å²) in [6, 6.07) is 8.61. The number of pyridine rings is 1. The summed E-state index contributed by atoms with van der Waals surface area (Å²) in [4.78, 5) is 25.1. The van der Waals surface area contributed by atoms with Crippen LogP contribution < -0.4 is 9.64 Å². The first-order valence-electron chi connectivity index (χ1n) is 14.5. The molecule has 0 amide bonds. The van der Waals surface area contributed by atoms with Crippen molar-refractivity contribution in [3.63, 3.8) is 0 Å². The van der Waals surface area contributed by atoms with Crippen molar-refractivity contribution in [3.05, 3.63) is 58.9 Å². The van der Waals surface area contributed by atoms with Gasteiger partial charge in [0.2, 0.25) is 0 Å². The van der Waals surface area contributed by atoms with E-state index in [-0.39, 0.29) is 5.41 Å². The van der Waals surface area contributed by atoms with Crippen molar-refractivity contribution < 1.29 is 4.74 Å². The average Bonchev–Trinajstić information content (AvgIpc) is 3.13. The maximum atomic E-state index is 6.25. The van der Waals surface area contributed by atoms with Crippen LogP contribution in [0.15, 0.2) is 30.5 Å². The Balaban J connectivity index is 1.34. The number of anilines is 1. The molecule has 1 aliphatic heterocycles. The summed E-state index contributed by atoms with van der Waals surface area (Å²) in [5, 5.41) is 0. The van der Waals surface area contributed by atoms with Crippen molar-refractivity contribution in [2.75, 3.05) is 18.1 Å². The van der Waals surface area contributed by atoms with E-state index in [1.807, 2.05) is 13.1 Å². The summed E-state index contributed by atoms with van der Waals surface area (Å²) in [5.41, 5.74) is 7.93. The van der Waals surface area contributed by atoms with E-state index in [1.54, 1.807) is 0 Å². The molecule has 7 heteroatoms. The number of hydrogen-bond donors (Lipinski definition) is 1. The average molecular weight is 525 g/mol. The minimum Gasteiger partial charge on any atom is -0.491 e. The van der Waals surface area contributed by atoms with Crippen molar-refractivity contribution in [3.8, 4) is 16.9 Å². The van der Waals surface area contributed by atoms with Crippen molar-refractivity contribution in [2.24, 2.45) is 11.3 Å². The summed E-state index contributed by atoms with van der Waals surface area (Å²) in [7, 11) is 0. The van der Waals surface area contributed by atoms with Gasteiger partial charge in [-0.25, -0.2) is 19.9 Å². The Bertz CT molecular complexity index is 1500. The molecule has 0 spiro atoms. The van der Waals surface area contributed by atoms with Gasteiger partial charge in [0.1, 0.15) is 29.8 Å². The van der Waals surface area contributed by atoms with Gasteiger partial charge in [0.05, 0.1) is 12.1 Å². The first-order valence-corrected chi connectivity index (χ1v) is 14.5. The summed E-state index contributed by atoms with van der Waals surface area (Å²) in [6.07, 6.45) is 8.40. The number of H-pyrrole nitrogens is 1. The summed E-state index contributed by atoms with van der Waals surface area (Å²) >= 11 is 0. The molecule has 1 N–H and O–H groups in total. The molecular weight excluding hydrogens is 484 g/mol. The number of ether oxygens (including phenoxy) is 1. The Kier molecular flexibility index (Phi) is 6.77. The highest BCUT2D eigenvalue weighted by Crippen LogP contribution is 2.39. The van der Waals surface area contributed by atoms with Crippen molar-refractivity contribution in [2.45, 2.75) is 79.7 Å². The van der Waals surface area contributed by atoms with Crippen molar-refractivity contribution in [1.82, 2.24) is 24.9 Å². The van der Waals surface area contributed by atoms with Crippen LogP contribution in [0.1, 0.15) is 75.4 Å². The van der Waals surface area contributed by atoms with Crippen LogP contribution in [-0.4, -0.2) is 38.1 Å².